The molecule has 6 atom stereocenters. The Balaban J connectivity index is 5.10. The number of aliphatic hydroxyl groups is 1. The van der Waals surface area contributed by atoms with Gasteiger partial charge in [0.1, 0.15) is 19.3 Å². The summed E-state index contributed by atoms with van der Waals surface area (Å²) in [6.45, 7) is 9.36. The van der Waals surface area contributed by atoms with Crippen LogP contribution in [0.2, 0.25) is 0 Å². The fraction of sp³-hybridized carbons (Fsp3) is 0.937. The molecule has 0 aromatic heterocycles. The molecular formula is C63H122O17P2. The van der Waals surface area contributed by atoms with Gasteiger partial charge in [0.15, 0.2) is 12.2 Å². The van der Waals surface area contributed by atoms with Crippen LogP contribution in [0.25, 0.3) is 0 Å². The van der Waals surface area contributed by atoms with Crippen LogP contribution in [-0.4, -0.2) is 96.7 Å². The molecule has 0 aromatic rings. The van der Waals surface area contributed by atoms with Crippen LogP contribution in [-0.2, 0) is 65.4 Å². The lowest BCUT2D eigenvalue weighted by atomic mass is 9.99. The van der Waals surface area contributed by atoms with Crippen molar-refractivity contribution in [1.29, 1.82) is 0 Å². The van der Waals surface area contributed by atoms with Gasteiger partial charge in [-0.1, -0.05) is 260 Å². The van der Waals surface area contributed by atoms with Gasteiger partial charge in [-0.15, -0.1) is 0 Å². The average Bonchev–Trinajstić information content (AvgIpc) is 3.44. The zero-order valence-electron chi connectivity index (χ0n) is 52.8. The zero-order chi connectivity index (χ0) is 60.8. The molecule has 0 heterocycles. The molecule has 0 aromatic carbocycles. The van der Waals surface area contributed by atoms with Crippen LogP contribution in [0.4, 0.5) is 0 Å². The molecule has 82 heavy (non-hydrogen) atoms. The third-order valence-electron chi connectivity index (χ3n) is 14.8. The van der Waals surface area contributed by atoms with E-state index in [1.54, 1.807) is 0 Å². The predicted molar refractivity (Wildman–Crippen MR) is 326 cm³/mol. The summed E-state index contributed by atoms with van der Waals surface area (Å²) in [5, 5.41) is 10.5. The van der Waals surface area contributed by atoms with Gasteiger partial charge in [0.25, 0.3) is 0 Å². The predicted octanol–water partition coefficient (Wildman–Crippen LogP) is 17.3. The van der Waals surface area contributed by atoms with Crippen LogP contribution < -0.4 is 0 Å². The Morgan fingerprint density at radius 2 is 0.622 bits per heavy atom. The molecule has 0 radical (unpaired) electrons. The van der Waals surface area contributed by atoms with Crippen molar-refractivity contribution in [2.45, 2.75) is 330 Å². The third kappa shape index (κ3) is 55.9. The molecule has 3 N–H and O–H groups in total. The maximum Gasteiger partial charge on any atom is 0.472 e. The normalized spacial score (nSPS) is 14.7. The van der Waals surface area contributed by atoms with E-state index in [4.69, 9.17) is 37.0 Å². The Hall–Kier alpha value is -1.94. The van der Waals surface area contributed by atoms with Crippen LogP contribution in [0.15, 0.2) is 0 Å². The molecule has 17 nitrogen and oxygen atoms in total. The Kier molecular flexibility index (Phi) is 54.3. The number of esters is 4. The van der Waals surface area contributed by atoms with Gasteiger partial charge in [0.05, 0.1) is 26.4 Å². The highest BCUT2D eigenvalue weighted by molar-refractivity contribution is 7.47. The highest BCUT2D eigenvalue weighted by Crippen LogP contribution is 2.45. The lowest BCUT2D eigenvalue weighted by molar-refractivity contribution is -0.161. The van der Waals surface area contributed by atoms with Gasteiger partial charge >= 0.3 is 39.5 Å². The summed E-state index contributed by atoms with van der Waals surface area (Å²) >= 11 is 0. The minimum absolute atomic E-state index is 0.0986. The van der Waals surface area contributed by atoms with Crippen molar-refractivity contribution in [3.05, 3.63) is 0 Å². The molecule has 0 aliphatic carbocycles. The zero-order valence-corrected chi connectivity index (χ0v) is 54.6. The quantitative estimate of drug-likeness (QED) is 0.0222. The average molecular weight is 1210 g/mol. The van der Waals surface area contributed by atoms with E-state index >= 15 is 0 Å². The van der Waals surface area contributed by atoms with E-state index in [0.717, 1.165) is 108 Å². The van der Waals surface area contributed by atoms with E-state index in [2.05, 4.69) is 41.5 Å². The summed E-state index contributed by atoms with van der Waals surface area (Å²) in [4.78, 5) is 71.6. The number of phosphoric ester groups is 2. The van der Waals surface area contributed by atoms with Crippen molar-refractivity contribution < 1.29 is 80.2 Å². The number of ether oxygens (including phenoxy) is 4. The minimum Gasteiger partial charge on any atom is -0.462 e. The van der Waals surface area contributed by atoms with Crippen LogP contribution >= 0.6 is 15.6 Å². The number of hydrogen-bond acceptors (Lipinski definition) is 15. The minimum atomic E-state index is -4.94. The second-order valence-electron chi connectivity index (χ2n) is 23.5. The van der Waals surface area contributed by atoms with E-state index in [-0.39, 0.29) is 25.7 Å². The monoisotopic (exact) mass is 1210 g/mol. The topological polar surface area (TPSA) is 237 Å². The highest BCUT2D eigenvalue weighted by Gasteiger charge is 2.30. The fourth-order valence-corrected chi connectivity index (χ4v) is 10.9. The van der Waals surface area contributed by atoms with Gasteiger partial charge in [-0.2, -0.15) is 0 Å². The van der Waals surface area contributed by atoms with Crippen molar-refractivity contribution in [1.82, 2.24) is 0 Å². The van der Waals surface area contributed by atoms with Crippen molar-refractivity contribution >= 4 is 39.5 Å². The molecular weight excluding hydrogens is 1090 g/mol. The summed E-state index contributed by atoms with van der Waals surface area (Å²) in [5.41, 5.74) is 0. The molecule has 3 unspecified atom stereocenters. The molecule has 19 heteroatoms. The number of aliphatic hydroxyl groups excluding tert-OH is 1. The Morgan fingerprint density at radius 3 is 0.927 bits per heavy atom. The van der Waals surface area contributed by atoms with Crippen molar-refractivity contribution in [3.63, 3.8) is 0 Å². The van der Waals surface area contributed by atoms with Gasteiger partial charge in [-0.3, -0.25) is 37.3 Å². The standard InChI is InChI=1S/C63H122O17P2/c1-7-10-12-31-39-45-60(65)73-51-58(79-62(67)47-41-32-13-11-8-2)53-77-81(69,70)75-49-57(64)50-76-82(71,72)78-54-59(52-74-61(66)46-40-35-29-25-22-18-19-23-27-33-37-43-55(4)5)80-63(68)48-42-36-30-26-21-17-15-14-16-20-24-28-34-38-44-56(6)9-3/h55-59,64H,7-54H2,1-6H3,(H,69,70)(H,71,72)/t56?,57-,58+,59+/m0/s1. The number of unbranched alkanes of at least 4 members (excludes halogenated alkanes) is 31. The Bertz CT molecular complexity index is 1620. The van der Waals surface area contributed by atoms with Gasteiger partial charge in [0.2, 0.25) is 0 Å². The number of carbonyl (C=O) groups excluding carboxylic acids is 4. The SMILES string of the molecule is CCCCCCCC(=O)OC[C@H](COP(=O)(O)OC[C@H](O)COP(=O)(O)OC[C@@H](COC(=O)CCCCCCCCCCCCCC(C)C)OC(=O)CCCCCCCCCCCCCCCCC(C)CC)OC(=O)CCCCCCC. The van der Waals surface area contributed by atoms with Crippen LogP contribution in [0.1, 0.15) is 311 Å². The third-order valence-corrected chi connectivity index (χ3v) is 16.7. The molecule has 0 saturated heterocycles. The highest BCUT2D eigenvalue weighted by atomic mass is 31.2. The van der Waals surface area contributed by atoms with Crippen molar-refractivity contribution in [2.75, 3.05) is 39.6 Å². The molecule has 0 rings (SSSR count). The number of carbonyl (C=O) groups is 4. The van der Waals surface area contributed by atoms with Gasteiger partial charge in [-0.25, -0.2) is 9.13 Å². The molecule has 0 fully saturated rings. The molecule has 0 saturated carbocycles. The Morgan fingerprint density at radius 1 is 0.354 bits per heavy atom. The fourth-order valence-electron chi connectivity index (χ4n) is 9.32. The molecule has 0 bridgehead atoms. The maximum absolute atomic E-state index is 13.0. The first-order chi connectivity index (χ1) is 39.4. The lowest BCUT2D eigenvalue weighted by Gasteiger charge is -2.21. The number of phosphoric acid groups is 2. The second-order valence-corrected chi connectivity index (χ2v) is 26.4. The van der Waals surface area contributed by atoms with E-state index in [1.807, 2.05) is 0 Å². The molecule has 0 amide bonds. The van der Waals surface area contributed by atoms with Crippen LogP contribution in [0.3, 0.4) is 0 Å². The van der Waals surface area contributed by atoms with Gasteiger partial charge in [-0.05, 0) is 37.5 Å². The largest absolute Gasteiger partial charge is 0.472 e. The smallest absolute Gasteiger partial charge is 0.462 e. The Labute approximate surface area is 498 Å². The molecule has 0 aliphatic heterocycles. The van der Waals surface area contributed by atoms with Gasteiger partial charge < -0.3 is 33.8 Å². The molecule has 0 spiro atoms. The summed E-state index contributed by atoms with van der Waals surface area (Å²) in [6, 6.07) is 0. The number of hydrogen-bond donors (Lipinski definition) is 3. The van der Waals surface area contributed by atoms with E-state index in [9.17, 15) is 43.2 Å². The van der Waals surface area contributed by atoms with Gasteiger partial charge in [0, 0.05) is 25.7 Å². The number of rotatable bonds is 62. The van der Waals surface area contributed by atoms with E-state index in [0.29, 0.717) is 25.7 Å². The summed E-state index contributed by atoms with van der Waals surface area (Å²) in [6.07, 6.45) is 38.3. The van der Waals surface area contributed by atoms with E-state index < -0.39 is 97.5 Å². The summed E-state index contributed by atoms with van der Waals surface area (Å²) in [7, 11) is -9.87. The molecule has 0 aliphatic rings. The first-order valence-corrected chi connectivity index (χ1v) is 36.0. The van der Waals surface area contributed by atoms with E-state index in [1.165, 1.54) is 122 Å². The first kappa shape index (κ1) is 80.1. The summed E-state index contributed by atoms with van der Waals surface area (Å²) in [5.74, 6) is -0.540. The first-order valence-electron chi connectivity index (χ1n) is 33.0. The summed E-state index contributed by atoms with van der Waals surface area (Å²) < 4.78 is 67.5. The van der Waals surface area contributed by atoms with Crippen LogP contribution in [0, 0.1) is 11.8 Å². The van der Waals surface area contributed by atoms with Crippen LogP contribution in [0.5, 0.6) is 0 Å². The van der Waals surface area contributed by atoms with Crippen molar-refractivity contribution in [3.8, 4) is 0 Å². The lowest BCUT2D eigenvalue weighted by Crippen LogP contribution is -2.30. The second kappa shape index (κ2) is 55.6. The molecule has 486 valence electrons. The maximum atomic E-state index is 13.0. The van der Waals surface area contributed by atoms with Crippen molar-refractivity contribution in [2.24, 2.45) is 11.8 Å².